The average Bonchev–Trinajstić information content (AvgIpc) is 2.98. The lowest BCUT2D eigenvalue weighted by atomic mass is 9.82. The van der Waals surface area contributed by atoms with Gasteiger partial charge < -0.3 is 9.31 Å². The lowest BCUT2D eigenvalue weighted by Gasteiger charge is -2.29. The summed E-state index contributed by atoms with van der Waals surface area (Å²) in [5, 5.41) is 0. The molecule has 0 amide bonds. The van der Waals surface area contributed by atoms with Crippen molar-refractivity contribution in [1.82, 2.24) is 0 Å². The zero-order chi connectivity index (χ0) is 14.2. The van der Waals surface area contributed by atoms with E-state index in [-0.39, 0.29) is 19.3 Å². The van der Waals surface area contributed by atoms with E-state index in [1.54, 1.807) is 0 Å². The molecule has 2 aliphatic rings. The molecule has 1 aliphatic carbocycles. The molecule has 1 saturated heterocycles. The van der Waals surface area contributed by atoms with Gasteiger partial charge in [-0.2, -0.15) is 0 Å². The van der Waals surface area contributed by atoms with Gasteiger partial charge in [-0.3, -0.25) is 0 Å². The molecular formula is C18H19BO2. The average molecular weight is 278 g/mol. The van der Waals surface area contributed by atoms with Gasteiger partial charge in [-0.15, -0.1) is 0 Å². The summed E-state index contributed by atoms with van der Waals surface area (Å²) >= 11 is 0. The third-order valence-corrected chi connectivity index (χ3v) is 4.49. The topological polar surface area (TPSA) is 18.5 Å². The minimum atomic E-state index is -0.0702. The van der Waals surface area contributed by atoms with Crippen LogP contribution in [-0.4, -0.2) is 7.12 Å². The smallest absolute Gasteiger partial charge is 0.401 e. The van der Waals surface area contributed by atoms with Gasteiger partial charge in [0.1, 0.15) is 0 Å². The van der Waals surface area contributed by atoms with E-state index in [1.165, 1.54) is 28.7 Å². The molecule has 3 heteroatoms. The van der Waals surface area contributed by atoms with Gasteiger partial charge in [0.2, 0.25) is 0 Å². The fraction of sp³-hybridized carbons (Fsp3) is 0.333. The summed E-state index contributed by atoms with van der Waals surface area (Å²) in [5.74, 6) is 0. The second kappa shape index (κ2) is 5.32. The summed E-state index contributed by atoms with van der Waals surface area (Å²) in [4.78, 5) is 0. The predicted molar refractivity (Wildman–Crippen MR) is 85.0 cm³/mol. The fourth-order valence-corrected chi connectivity index (χ4v) is 3.46. The molecule has 0 radical (unpaired) electrons. The molecule has 1 aliphatic heterocycles. The monoisotopic (exact) mass is 278 g/mol. The molecule has 2 nitrogen and oxygen atoms in total. The Hall–Kier alpha value is -1.58. The Bertz CT molecular complexity index is 602. The van der Waals surface area contributed by atoms with E-state index in [1.807, 2.05) is 0 Å². The van der Waals surface area contributed by atoms with E-state index in [4.69, 9.17) is 9.31 Å². The van der Waals surface area contributed by atoms with Crippen LogP contribution in [0.2, 0.25) is 6.32 Å². The maximum absolute atomic E-state index is 6.23. The van der Waals surface area contributed by atoms with Crippen LogP contribution in [0.5, 0.6) is 0 Å². The molecule has 0 aromatic heterocycles. The van der Waals surface area contributed by atoms with Gasteiger partial charge in [-0.25, -0.2) is 0 Å². The standard InChI is InChI=1S/C18H19BO2/c1-2-3-12-19-20-17-15-10-6-4-8-13(15)14-9-5-7-11-16(14)18(17)21-19/h4-11,17-18H,2-3,12H2,1H3/t17-,18-/m0/s1. The highest BCUT2D eigenvalue weighted by atomic mass is 16.7. The summed E-state index contributed by atoms with van der Waals surface area (Å²) in [5.41, 5.74) is 5.10. The number of fused-ring (bicyclic) bond motifs is 6. The Balaban J connectivity index is 1.77. The van der Waals surface area contributed by atoms with E-state index < -0.39 is 0 Å². The van der Waals surface area contributed by atoms with Crippen molar-refractivity contribution in [2.24, 2.45) is 0 Å². The van der Waals surface area contributed by atoms with Gasteiger partial charge in [0, 0.05) is 0 Å². The summed E-state index contributed by atoms with van der Waals surface area (Å²) < 4.78 is 12.5. The van der Waals surface area contributed by atoms with Crippen LogP contribution in [0.3, 0.4) is 0 Å². The zero-order valence-corrected chi connectivity index (χ0v) is 12.3. The summed E-state index contributed by atoms with van der Waals surface area (Å²) in [6, 6.07) is 17.1. The van der Waals surface area contributed by atoms with Crippen LogP contribution in [0.25, 0.3) is 11.1 Å². The maximum atomic E-state index is 6.23. The first-order chi connectivity index (χ1) is 10.4. The third kappa shape index (κ3) is 2.12. The molecule has 2 aromatic carbocycles. The second-order valence-corrected chi connectivity index (χ2v) is 5.86. The van der Waals surface area contributed by atoms with Crippen molar-refractivity contribution in [3.05, 3.63) is 59.7 Å². The van der Waals surface area contributed by atoms with Crippen LogP contribution in [0.1, 0.15) is 43.1 Å². The molecule has 1 fully saturated rings. The minimum absolute atomic E-state index is 0.0398. The van der Waals surface area contributed by atoms with Crippen molar-refractivity contribution in [2.75, 3.05) is 0 Å². The molecule has 0 saturated carbocycles. The lowest BCUT2D eigenvalue weighted by Crippen LogP contribution is -2.14. The third-order valence-electron chi connectivity index (χ3n) is 4.49. The Morgan fingerprint density at radius 1 is 0.857 bits per heavy atom. The molecule has 0 bridgehead atoms. The Kier molecular flexibility index (Phi) is 3.32. The highest BCUT2D eigenvalue weighted by Crippen LogP contribution is 2.51. The van der Waals surface area contributed by atoms with E-state index in [2.05, 4.69) is 55.5 Å². The molecule has 0 N–H and O–H groups in total. The van der Waals surface area contributed by atoms with Crippen molar-refractivity contribution in [3.8, 4) is 11.1 Å². The van der Waals surface area contributed by atoms with E-state index in [0.29, 0.717) is 0 Å². The number of unbranched alkanes of at least 4 members (excludes halogenated alkanes) is 1. The summed E-state index contributed by atoms with van der Waals surface area (Å²) in [7, 11) is -0.0702. The molecule has 21 heavy (non-hydrogen) atoms. The van der Waals surface area contributed by atoms with E-state index >= 15 is 0 Å². The van der Waals surface area contributed by atoms with Gasteiger partial charge in [-0.1, -0.05) is 68.3 Å². The first-order valence-electron chi connectivity index (χ1n) is 7.87. The van der Waals surface area contributed by atoms with Crippen molar-refractivity contribution in [2.45, 2.75) is 38.3 Å². The zero-order valence-electron chi connectivity index (χ0n) is 12.3. The van der Waals surface area contributed by atoms with Crippen molar-refractivity contribution >= 4 is 7.12 Å². The van der Waals surface area contributed by atoms with Gasteiger partial charge in [-0.05, 0) is 28.6 Å². The Morgan fingerprint density at radius 2 is 1.38 bits per heavy atom. The second-order valence-electron chi connectivity index (χ2n) is 5.86. The van der Waals surface area contributed by atoms with Gasteiger partial charge in [0.15, 0.2) is 0 Å². The van der Waals surface area contributed by atoms with Crippen molar-refractivity contribution in [3.63, 3.8) is 0 Å². The molecule has 0 unspecified atom stereocenters. The van der Waals surface area contributed by atoms with Gasteiger partial charge >= 0.3 is 7.12 Å². The Morgan fingerprint density at radius 3 is 1.90 bits per heavy atom. The lowest BCUT2D eigenvalue weighted by molar-refractivity contribution is 0.157. The van der Waals surface area contributed by atoms with Gasteiger partial charge in [0.05, 0.1) is 12.2 Å². The number of benzene rings is 2. The van der Waals surface area contributed by atoms with Crippen LogP contribution in [0.15, 0.2) is 48.5 Å². The largest absolute Gasteiger partial charge is 0.457 e. The highest BCUT2D eigenvalue weighted by Gasteiger charge is 2.44. The molecule has 2 atom stereocenters. The number of rotatable bonds is 3. The fourth-order valence-electron chi connectivity index (χ4n) is 3.46. The minimum Gasteiger partial charge on any atom is -0.401 e. The molecule has 4 rings (SSSR count). The number of hydrogen-bond acceptors (Lipinski definition) is 2. The van der Waals surface area contributed by atoms with Crippen LogP contribution in [0, 0.1) is 0 Å². The Labute approximate surface area is 126 Å². The molecule has 106 valence electrons. The first-order valence-corrected chi connectivity index (χ1v) is 7.87. The van der Waals surface area contributed by atoms with Crippen LogP contribution >= 0.6 is 0 Å². The quantitative estimate of drug-likeness (QED) is 0.752. The van der Waals surface area contributed by atoms with Crippen molar-refractivity contribution < 1.29 is 9.31 Å². The summed E-state index contributed by atoms with van der Waals surface area (Å²) in [6.07, 6.45) is 3.38. The van der Waals surface area contributed by atoms with Crippen LogP contribution in [0.4, 0.5) is 0 Å². The molecule has 2 aromatic rings. The highest BCUT2D eigenvalue weighted by molar-refractivity contribution is 6.45. The first kappa shape index (κ1) is 13.1. The van der Waals surface area contributed by atoms with E-state index in [0.717, 1.165) is 12.7 Å². The predicted octanol–water partition coefficient (Wildman–Crippen LogP) is 4.78. The SMILES string of the molecule is CCCCB1O[C@H]2c3ccccc3-c3ccccc3[C@@H]2O1. The normalized spacial score (nSPS) is 22.6. The number of hydrogen-bond donors (Lipinski definition) is 0. The van der Waals surface area contributed by atoms with Crippen molar-refractivity contribution in [1.29, 1.82) is 0 Å². The van der Waals surface area contributed by atoms with Crippen LogP contribution < -0.4 is 0 Å². The van der Waals surface area contributed by atoms with Crippen LogP contribution in [-0.2, 0) is 9.31 Å². The molecular weight excluding hydrogens is 259 g/mol. The molecule has 0 spiro atoms. The van der Waals surface area contributed by atoms with E-state index in [9.17, 15) is 0 Å². The summed E-state index contributed by atoms with van der Waals surface area (Å²) in [6.45, 7) is 2.20. The maximum Gasteiger partial charge on any atom is 0.457 e. The molecule has 1 heterocycles. The van der Waals surface area contributed by atoms with Gasteiger partial charge in [0.25, 0.3) is 0 Å².